The minimum Gasteiger partial charge on any atom is -0.347 e. The van der Waals surface area contributed by atoms with E-state index >= 15 is 0 Å². The van der Waals surface area contributed by atoms with Crippen LogP contribution in [0.3, 0.4) is 0 Å². The number of piperidine rings is 3. The van der Waals surface area contributed by atoms with Gasteiger partial charge in [-0.15, -0.1) is 0 Å². The van der Waals surface area contributed by atoms with Crippen LogP contribution in [0, 0.1) is 5.92 Å². The van der Waals surface area contributed by atoms with Crippen LogP contribution in [0.4, 0.5) is 0 Å². The number of hydrogen-bond donors (Lipinski definition) is 1. The van der Waals surface area contributed by atoms with Crippen LogP contribution < -0.4 is 5.32 Å². The summed E-state index contributed by atoms with van der Waals surface area (Å²) in [6, 6.07) is 12.1. The molecule has 1 aromatic heterocycles. The first-order valence-electron chi connectivity index (χ1n) is 9.04. The second kappa shape index (κ2) is 7.59. The number of hydrogen-bond acceptors (Lipinski definition) is 4. The molecule has 4 heterocycles. The Balaban J connectivity index is 1.40. The molecule has 2 atom stereocenters. The van der Waals surface area contributed by atoms with Gasteiger partial charge in [0.2, 0.25) is 0 Å². The fourth-order valence-corrected chi connectivity index (χ4v) is 4.86. The van der Waals surface area contributed by atoms with Crippen molar-refractivity contribution in [2.45, 2.75) is 41.8 Å². The van der Waals surface area contributed by atoms with Crippen LogP contribution in [-0.2, 0) is 0 Å². The lowest BCUT2D eigenvalue weighted by Crippen LogP contribution is -2.62. The van der Waals surface area contributed by atoms with Crippen LogP contribution in [-0.4, -0.2) is 41.0 Å². The number of carbonyl (C=O) groups is 1. The van der Waals surface area contributed by atoms with Crippen molar-refractivity contribution >= 4 is 29.3 Å². The van der Waals surface area contributed by atoms with Gasteiger partial charge in [-0.2, -0.15) is 0 Å². The van der Waals surface area contributed by atoms with Crippen molar-refractivity contribution in [1.82, 2.24) is 15.2 Å². The van der Waals surface area contributed by atoms with Crippen LogP contribution in [0.2, 0.25) is 5.02 Å². The lowest BCUT2D eigenvalue weighted by molar-refractivity contribution is 0.0217. The summed E-state index contributed by atoms with van der Waals surface area (Å²) in [6.07, 6.45) is 4.03. The maximum Gasteiger partial charge on any atom is 0.251 e. The Labute approximate surface area is 163 Å². The Kier molecular flexibility index (Phi) is 5.20. The topological polar surface area (TPSA) is 45.2 Å². The molecule has 26 heavy (non-hydrogen) atoms. The SMILES string of the molecule is C[C@H]1[C@H](NC(=O)c2ccc(Sc3ccc(Cl)cn3)cc2)C2CCN1CC2. The Hall–Kier alpha value is -1.56. The molecule has 1 amide bonds. The fourth-order valence-electron chi connectivity index (χ4n) is 4.00. The summed E-state index contributed by atoms with van der Waals surface area (Å²) in [5.41, 5.74) is 0.710. The molecule has 2 aromatic rings. The third-order valence-electron chi connectivity index (χ3n) is 5.51. The molecule has 5 rings (SSSR count). The zero-order valence-electron chi connectivity index (χ0n) is 14.7. The first-order chi connectivity index (χ1) is 12.6. The average molecular weight is 388 g/mol. The third kappa shape index (κ3) is 3.75. The molecular formula is C20H22ClN3OS. The van der Waals surface area contributed by atoms with E-state index in [4.69, 9.17) is 11.6 Å². The van der Waals surface area contributed by atoms with Crippen molar-refractivity contribution in [2.75, 3.05) is 13.1 Å². The molecule has 0 saturated carbocycles. The van der Waals surface area contributed by atoms with Crippen molar-refractivity contribution in [3.63, 3.8) is 0 Å². The Morgan fingerprint density at radius 1 is 1.19 bits per heavy atom. The summed E-state index contributed by atoms with van der Waals surface area (Å²) in [4.78, 5) is 20.5. The summed E-state index contributed by atoms with van der Waals surface area (Å²) in [5, 5.41) is 4.79. The quantitative estimate of drug-likeness (QED) is 0.857. The van der Waals surface area contributed by atoms with Gasteiger partial charge in [0, 0.05) is 28.7 Å². The Morgan fingerprint density at radius 2 is 1.92 bits per heavy atom. The van der Waals surface area contributed by atoms with Gasteiger partial charge in [-0.05, 0) is 75.2 Å². The molecule has 0 spiro atoms. The summed E-state index contributed by atoms with van der Waals surface area (Å²) in [6.45, 7) is 4.57. The highest BCUT2D eigenvalue weighted by Gasteiger charge is 2.40. The van der Waals surface area contributed by atoms with Crippen LogP contribution >= 0.6 is 23.4 Å². The van der Waals surface area contributed by atoms with E-state index in [9.17, 15) is 4.79 Å². The van der Waals surface area contributed by atoms with Gasteiger partial charge >= 0.3 is 0 Å². The molecule has 0 aliphatic carbocycles. The maximum atomic E-state index is 12.7. The van der Waals surface area contributed by atoms with Gasteiger partial charge in [0.1, 0.15) is 5.03 Å². The minimum absolute atomic E-state index is 0.0248. The molecule has 2 bridgehead atoms. The van der Waals surface area contributed by atoms with Crippen molar-refractivity contribution in [2.24, 2.45) is 5.92 Å². The highest BCUT2D eigenvalue weighted by molar-refractivity contribution is 7.99. The predicted molar refractivity (Wildman–Crippen MR) is 105 cm³/mol. The fraction of sp³-hybridized carbons (Fsp3) is 0.400. The molecule has 136 valence electrons. The van der Waals surface area contributed by atoms with Gasteiger partial charge in [-0.25, -0.2) is 4.98 Å². The van der Waals surface area contributed by atoms with Gasteiger partial charge in [0.05, 0.1) is 5.02 Å². The highest BCUT2D eigenvalue weighted by atomic mass is 35.5. The van der Waals surface area contributed by atoms with Gasteiger partial charge < -0.3 is 5.32 Å². The average Bonchev–Trinajstić information content (AvgIpc) is 2.67. The number of rotatable bonds is 4. The van der Waals surface area contributed by atoms with E-state index in [0.717, 1.165) is 9.92 Å². The van der Waals surface area contributed by atoms with E-state index < -0.39 is 0 Å². The molecule has 1 aromatic carbocycles. The van der Waals surface area contributed by atoms with Crippen molar-refractivity contribution in [3.05, 3.63) is 53.2 Å². The lowest BCUT2D eigenvalue weighted by Gasteiger charge is -2.49. The van der Waals surface area contributed by atoms with Crippen molar-refractivity contribution in [3.8, 4) is 0 Å². The Bertz CT molecular complexity index is 771. The number of nitrogens with zero attached hydrogens (tertiary/aromatic N) is 2. The van der Waals surface area contributed by atoms with E-state index in [2.05, 4.69) is 22.1 Å². The molecular weight excluding hydrogens is 366 g/mol. The summed E-state index contributed by atoms with van der Waals surface area (Å²) in [7, 11) is 0. The standard InChI is InChI=1S/C20H22ClN3OS/c1-13-19(14-8-10-24(13)11-9-14)23-20(25)15-2-5-17(6-3-15)26-18-7-4-16(21)12-22-18/h2-7,12-14,19H,8-11H2,1H3,(H,23,25)/t13-,19-/m0/s1. The van der Waals surface area contributed by atoms with Crippen molar-refractivity contribution in [1.29, 1.82) is 0 Å². The highest BCUT2D eigenvalue weighted by Crippen LogP contribution is 2.32. The lowest BCUT2D eigenvalue weighted by atomic mass is 9.79. The molecule has 4 nitrogen and oxygen atoms in total. The van der Waals surface area contributed by atoms with Gasteiger partial charge in [-0.1, -0.05) is 23.4 Å². The smallest absolute Gasteiger partial charge is 0.251 e. The van der Waals surface area contributed by atoms with Crippen LogP contribution in [0.5, 0.6) is 0 Å². The van der Waals surface area contributed by atoms with Crippen molar-refractivity contribution < 1.29 is 4.79 Å². The van der Waals surface area contributed by atoms with E-state index in [-0.39, 0.29) is 11.9 Å². The summed E-state index contributed by atoms with van der Waals surface area (Å²) in [5.74, 6) is 0.640. The molecule has 3 aliphatic heterocycles. The van der Waals surface area contributed by atoms with Crippen LogP contribution in [0.15, 0.2) is 52.5 Å². The molecule has 0 radical (unpaired) electrons. The molecule has 3 fully saturated rings. The zero-order chi connectivity index (χ0) is 18.1. The number of carbonyl (C=O) groups excluding carboxylic acids is 1. The Morgan fingerprint density at radius 3 is 2.54 bits per heavy atom. The predicted octanol–water partition coefficient (Wildman–Crippen LogP) is 4.10. The number of nitrogens with one attached hydrogen (secondary N) is 1. The molecule has 6 heteroatoms. The van der Waals surface area contributed by atoms with E-state index in [0.29, 0.717) is 22.5 Å². The van der Waals surface area contributed by atoms with E-state index in [1.165, 1.54) is 25.9 Å². The number of benzene rings is 1. The van der Waals surface area contributed by atoms with Crippen LogP contribution in [0.1, 0.15) is 30.1 Å². The van der Waals surface area contributed by atoms with Gasteiger partial charge in [0.25, 0.3) is 5.91 Å². The van der Waals surface area contributed by atoms with Gasteiger partial charge in [0.15, 0.2) is 0 Å². The second-order valence-corrected chi connectivity index (χ2v) is 8.58. The number of halogens is 1. The normalized spacial score (nSPS) is 27.3. The second-order valence-electron chi connectivity index (χ2n) is 7.05. The zero-order valence-corrected chi connectivity index (χ0v) is 16.3. The first kappa shape index (κ1) is 17.8. The first-order valence-corrected chi connectivity index (χ1v) is 10.2. The summed E-state index contributed by atoms with van der Waals surface area (Å²) < 4.78 is 0. The number of fused-ring (bicyclic) bond motifs is 3. The number of amides is 1. The number of aromatic nitrogens is 1. The third-order valence-corrected chi connectivity index (χ3v) is 6.70. The molecule has 1 N–H and O–H groups in total. The van der Waals surface area contributed by atoms with E-state index in [1.54, 1.807) is 18.0 Å². The molecule has 3 aliphatic rings. The molecule has 3 saturated heterocycles. The maximum absolute atomic E-state index is 12.7. The monoisotopic (exact) mass is 387 g/mol. The van der Waals surface area contributed by atoms with Gasteiger partial charge in [-0.3, -0.25) is 9.69 Å². The molecule has 0 unspecified atom stereocenters. The van der Waals surface area contributed by atoms with E-state index in [1.807, 2.05) is 36.4 Å². The van der Waals surface area contributed by atoms with Crippen LogP contribution in [0.25, 0.3) is 0 Å². The largest absolute Gasteiger partial charge is 0.347 e. The minimum atomic E-state index is 0.0248. The number of pyridine rings is 1. The summed E-state index contributed by atoms with van der Waals surface area (Å²) >= 11 is 7.42.